The fraction of sp³-hybridized carbons (Fsp3) is 0. The SMILES string of the molecule is C1=Cc2cc(-c3nc(-c4ccccc4)nc(-c4ccccc4)n3)ccc2-c2ccccc2Sc2ccccc2-c2ccccc21. The third kappa shape index (κ3) is 5.37. The molecular formula is C41H27N3S. The molecule has 0 atom stereocenters. The highest BCUT2D eigenvalue weighted by Crippen LogP contribution is 2.43. The van der Waals surface area contributed by atoms with Crippen LogP contribution in [0.15, 0.2) is 161 Å². The van der Waals surface area contributed by atoms with E-state index in [0.29, 0.717) is 17.5 Å². The highest BCUT2D eigenvalue weighted by molar-refractivity contribution is 7.99. The summed E-state index contributed by atoms with van der Waals surface area (Å²) in [6, 6.07) is 52.7. The van der Waals surface area contributed by atoms with E-state index in [4.69, 9.17) is 15.0 Å². The van der Waals surface area contributed by atoms with E-state index in [-0.39, 0.29) is 0 Å². The third-order valence-electron chi connectivity index (χ3n) is 7.99. The van der Waals surface area contributed by atoms with Crippen LogP contribution in [0.2, 0.25) is 0 Å². The van der Waals surface area contributed by atoms with Crippen LogP contribution < -0.4 is 0 Å². The van der Waals surface area contributed by atoms with Gasteiger partial charge in [-0.15, -0.1) is 0 Å². The van der Waals surface area contributed by atoms with E-state index < -0.39 is 0 Å². The summed E-state index contributed by atoms with van der Waals surface area (Å²) in [5.74, 6) is 1.95. The maximum Gasteiger partial charge on any atom is 0.164 e. The Morgan fingerprint density at radius 3 is 1.38 bits per heavy atom. The zero-order valence-corrected chi connectivity index (χ0v) is 25.2. The minimum Gasteiger partial charge on any atom is -0.208 e. The summed E-state index contributed by atoms with van der Waals surface area (Å²) in [5.41, 5.74) is 9.92. The molecule has 45 heavy (non-hydrogen) atoms. The van der Waals surface area contributed by atoms with Gasteiger partial charge in [0.25, 0.3) is 0 Å². The van der Waals surface area contributed by atoms with Gasteiger partial charge < -0.3 is 0 Å². The lowest BCUT2D eigenvalue weighted by Crippen LogP contribution is -2.00. The molecule has 2 heterocycles. The summed E-state index contributed by atoms with van der Waals surface area (Å²) in [6.07, 6.45) is 4.45. The Balaban J connectivity index is 1.33. The Hall–Kier alpha value is -5.58. The predicted octanol–water partition coefficient (Wildman–Crippen LogP) is 10.8. The number of benzene rings is 6. The van der Waals surface area contributed by atoms with Gasteiger partial charge in [0.2, 0.25) is 0 Å². The molecule has 0 unspecified atom stereocenters. The molecule has 1 aromatic heterocycles. The molecule has 0 spiro atoms. The Morgan fingerprint density at radius 1 is 0.333 bits per heavy atom. The normalized spacial score (nSPS) is 11.8. The van der Waals surface area contributed by atoms with Crippen molar-refractivity contribution in [2.24, 2.45) is 0 Å². The lowest BCUT2D eigenvalue weighted by atomic mass is 9.95. The molecule has 6 aromatic carbocycles. The van der Waals surface area contributed by atoms with Gasteiger partial charge in [0, 0.05) is 26.5 Å². The van der Waals surface area contributed by atoms with Crippen LogP contribution in [0, 0.1) is 0 Å². The summed E-state index contributed by atoms with van der Waals surface area (Å²) in [6.45, 7) is 0. The molecule has 0 amide bonds. The lowest BCUT2D eigenvalue weighted by Gasteiger charge is -2.15. The van der Waals surface area contributed by atoms with Crippen LogP contribution in [0.3, 0.4) is 0 Å². The largest absolute Gasteiger partial charge is 0.208 e. The summed E-state index contributed by atoms with van der Waals surface area (Å²) >= 11 is 1.81. The Morgan fingerprint density at radius 2 is 0.778 bits per heavy atom. The number of fused-ring (bicyclic) bond motifs is 6. The molecule has 7 aromatic rings. The molecule has 0 bridgehead atoms. The monoisotopic (exact) mass is 593 g/mol. The molecule has 1 aliphatic heterocycles. The van der Waals surface area contributed by atoms with Gasteiger partial charge in [0.05, 0.1) is 0 Å². The quantitative estimate of drug-likeness (QED) is 0.204. The van der Waals surface area contributed by atoms with E-state index in [2.05, 4.69) is 103 Å². The van der Waals surface area contributed by atoms with Crippen molar-refractivity contribution in [3.63, 3.8) is 0 Å². The van der Waals surface area contributed by atoms with Crippen LogP contribution in [-0.2, 0) is 0 Å². The number of hydrogen-bond donors (Lipinski definition) is 0. The van der Waals surface area contributed by atoms with Gasteiger partial charge in [-0.3, -0.25) is 0 Å². The molecule has 8 rings (SSSR count). The van der Waals surface area contributed by atoms with E-state index >= 15 is 0 Å². The Labute approximate surface area is 267 Å². The van der Waals surface area contributed by atoms with Crippen molar-refractivity contribution in [2.75, 3.05) is 0 Å². The van der Waals surface area contributed by atoms with Gasteiger partial charge >= 0.3 is 0 Å². The zero-order chi connectivity index (χ0) is 30.0. The van der Waals surface area contributed by atoms with Gasteiger partial charge in [-0.1, -0.05) is 157 Å². The van der Waals surface area contributed by atoms with E-state index in [1.807, 2.05) is 72.4 Å². The summed E-state index contributed by atoms with van der Waals surface area (Å²) in [5, 5.41) is 0. The van der Waals surface area contributed by atoms with E-state index in [9.17, 15) is 0 Å². The number of aromatic nitrogens is 3. The van der Waals surface area contributed by atoms with Crippen LogP contribution in [0.1, 0.15) is 11.1 Å². The van der Waals surface area contributed by atoms with Crippen LogP contribution in [0.25, 0.3) is 68.6 Å². The maximum absolute atomic E-state index is 5.00. The third-order valence-corrected chi connectivity index (χ3v) is 9.14. The minimum absolute atomic E-state index is 0.642. The molecule has 3 nitrogen and oxygen atoms in total. The first-order valence-corrected chi connectivity index (χ1v) is 15.8. The molecule has 4 heteroatoms. The van der Waals surface area contributed by atoms with E-state index in [1.54, 1.807) is 0 Å². The fourth-order valence-corrected chi connectivity index (χ4v) is 6.87. The van der Waals surface area contributed by atoms with Crippen molar-refractivity contribution >= 4 is 23.9 Å². The molecule has 0 radical (unpaired) electrons. The zero-order valence-electron chi connectivity index (χ0n) is 24.3. The molecule has 0 saturated heterocycles. The van der Waals surface area contributed by atoms with Crippen molar-refractivity contribution in [1.82, 2.24) is 15.0 Å². The average Bonchev–Trinajstić information content (AvgIpc) is 3.14. The second-order valence-electron chi connectivity index (χ2n) is 10.9. The van der Waals surface area contributed by atoms with Gasteiger partial charge in [0.1, 0.15) is 0 Å². The summed E-state index contributed by atoms with van der Waals surface area (Å²) < 4.78 is 0. The molecule has 1 aliphatic rings. The first-order valence-electron chi connectivity index (χ1n) is 15.0. The van der Waals surface area contributed by atoms with Gasteiger partial charge in [-0.2, -0.15) is 0 Å². The standard InChI is InChI=1S/C41H27N3S/c1-3-14-29(15-4-1)39-42-40(30-16-5-2-6-17-30)44-41(43-39)32-25-26-34-31(27-32)24-23-28-13-7-8-18-33(28)35-19-9-11-21-37(35)45-38-22-12-10-20-36(34)38/h1-27H. The van der Waals surface area contributed by atoms with Gasteiger partial charge in [-0.25, -0.2) is 15.0 Å². The van der Waals surface area contributed by atoms with Gasteiger partial charge in [-0.05, 0) is 51.6 Å². The second-order valence-corrected chi connectivity index (χ2v) is 11.9. The minimum atomic E-state index is 0.642. The first kappa shape index (κ1) is 27.0. The average molecular weight is 594 g/mol. The van der Waals surface area contributed by atoms with Crippen LogP contribution >= 0.6 is 11.8 Å². The molecular weight excluding hydrogens is 567 g/mol. The van der Waals surface area contributed by atoms with Crippen LogP contribution in [0.4, 0.5) is 0 Å². The highest BCUT2D eigenvalue weighted by atomic mass is 32.2. The molecule has 0 aliphatic carbocycles. The number of rotatable bonds is 3. The lowest BCUT2D eigenvalue weighted by molar-refractivity contribution is 1.07. The Bertz CT molecular complexity index is 2130. The summed E-state index contributed by atoms with van der Waals surface area (Å²) in [4.78, 5) is 17.3. The highest BCUT2D eigenvalue weighted by Gasteiger charge is 2.17. The van der Waals surface area contributed by atoms with Crippen molar-refractivity contribution in [3.8, 4) is 56.4 Å². The fourth-order valence-electron chi connectivity index (χ4n) is 5.76. The van der Waals surface area contributed by atoms with Crippen LogP contribution in [0.5, 0.6) is 0 Å². The van der Waals surface area contributed by atoms with Crippen LogP contribution in [-0.4, -0.2) is 15.0 Å². The number of nitrogens with zero attached hydrogens (tertiary/aromatic N) is 3. The molecule has 212 valence electrons. The van der Waals surface area contributed by atoms with Crippen molar-refractivity contribution < 1.29 is 0 Å². The van der Waals surface area contributed by atoms with E-state index in [0.717, 1.165) is 27.8 Å². The summed E-state index contributed by atoms with van der Waals surface area (Å²) in [7, 11) is 0. The second kappa shape index (κ2) is 11.8. The molecule has 0 fully saturated rings. The van der Waals surface area contributed by atoms with Crippen molar-refractivity contribution in [1.29, 1.82) is 0 Å². The topological polar surface area (TPSA) is 38.7 Å². The van der Waals surface area contributed by atoms with E-state index in [1.165, 1.54) is 32.0 Å². The first-order chi connectivity index (χ1) is 22.3. The smallest absolute Gasteiger partial charge is 0.164 e. The number of hydrogen-bond acceptors (Lipinski definition) is 4. The molecule has 0 N–H and O–H groups in total. The van der Waals surface area contributed by atoms with Crippen molar-refractivity contribution in [2.45, 2.75) is 9.79 Å². The molecule has 0 saturated carbocycles. The van der Waals surface area contributed by atoms with Gasteiger partial charge in [0.15, 0.2) is 17.5 Å². The van der Waals surface area contributed by atoms with Crippen molar-refractivity contribution in [3.05, 3.63) is 163 Å². The predicted molar refractivity (Wildman–Crippen MR) is 186 cm³/mol. The maximum atomic E-state index is 5.00. The Kier molecular flexibility index (Phi) is 7.10.